The fourth-order valence-electron chi connectivity index (χ4n) is 2.70. The summed E-state index contributed by atoms with van der Waals surface area (Å²) in [6, 6.07) is 12.6. The molecule has 2 rings (SSSR count). The van der Waals surface area contributed by atoms with Crippen molar-refractivity contribution >= 4 is 0 Å². The lowest BCUT2D eigenvalue weighted by Gasteiger charge is -2.41. The normalized spacial score (nSPS) is 14.4. The van der Waals surface area contributed by atoms with Crippen molar-refractivity contribution < 1.29 is 4.42 Å². The van der Waals surface area contributed by atoms with Crippen LogP contribution in [0.25, 0.3) is 0 Å². The third kappa shape index (κ3) is 3.30. The molecule has 3 nitrogen and oxygen atoms in total. The van der Waals surface area contributed by atoms with E-state index in [4.69, 9.17) is 10.2 Å². The number of benzene rings is 1. The van der Waals surface area contributed by atoms with Crippen molar-refractivity contribution in [3.05, 3.63) is 60.1 Å². The van der Waals surface area contributed by atoms with Crippen LogP contribution in [0.5, 0.6) is 0 Å². The molecule has 0 aliphatic heterocycles. The van der Waals surface area contributed by atoms with Gasteiger partial charge in [0.05, 0.1) is 12.5 Å². The van der Waals surface area contributed by atoms with E-state index in [9.17, 15) is 0 Å². The van der Waals surface area contributed by atoms with Gasteiger partial charge in [-0.1, -0.05) is 37.3 Å². The molecule has 2 aromatic rings. The quantitative estimate of drug-likeness (QED) is 0.842. The highest BCUT2D eigenvalue weighted by Gasteiger charge is 2.31. The molecule has 3 heteroatoms. The van der Waals surface area contributed by atoms with E-state index in [2.05, 4.69) is 49.2 Å². The van der Waals surface area contributed by atoms with Crippen LogP contribution in [0.1, 0.15) is 24.5 Å². The Labute approximate surface area is 121 Å². The number of nitrogens with two attached hydrogens (primary N) is 1. The monoisotopic (exact) mass is 272 g/mol. The maximum absolute atomic E-state index is 6.13. The van der Waals surface area contributed by atoms with Crippen LogP contribution >= 0.6 is 0 Å². The van der Waals surface area contributed by atoms with E-state index in [1.54, 1.807) is 12.5 Å². The van der Waals surface area contributed by atoms with Crippen LogP contribution in [0.2, 0.25) is 0 Å². The first kappa shape index (κ1) is 14.8. The molecule has 0 spiro atoms. The van der Waals surface area contributed by atoms with Crippen molar-refractivity contribution in [3.63, 3.8) is 0 Å². The highest BCUT2D eigenvalue weighted by Crippen LogP contribution is 2.24. The smallest absolute Gasteiger partial charge is 0.0947 e. The highest BCUT2D eigenvalue weighted by atomic mass is 16.3. The highest BCUT2D eigenvalue weighted by molar-refractivity contribution is 5.19. The molecule has 0 saturated carbocycles. The summed E-state index contributed by atoms with van der Waals surface area (Å²) in [6.07, 6.45) is 5.51. The first-order chi connectivity index (χ1) is 9.70. The predicted octanol–water partition coefficient (Wildman–Crippen LogP) is 3.06. The first-order valence-electron chi connectivity index (χ1n) is 7.16. The SMILES string of the molecule is CCC(CN)(Cc1ccccc1)N(C)Cc1ccoc1. The van der Waals surface area contributed by atoms with Gasteiger partial charge < -0.3 is 10.2 Å². The van der Waals surface area contributed by atoms with Crippen LogP contribution in [-0.2, 0) is 13.0 Å². The second-order valence-electron chi connectivity index (χ2n) is 5.43. The number of nitrogens with zero attached hydrogens (tertiary/aromatic N) is 1. The van der Waals surface area contributed by atoms with Crippen molar-refractivity contribution in [1.82, 2.24) is 4.90 Å². The maximum Gasteiger partial charge on any atom is 0.0947 e. The van der Waals surface area contributed by atoms with E-state index in [1.807, 2.05) is 6.07 Å². The Morgan fingerprint density at radius 3 is 2.45 bits per heavy atom. The number of rotatable bonds is 7. The third-order valence-corrected chi connectivity index (χ3v) is 4.22. The minimum atomic E-state index is -0.0153. The van der Waals surface area contributed by atoms with Gasteiger partial charge >= 0.3 is 0 Å². The van der Waals surface area contributed by atoms with E-state index < -0.39 is 0 Å². The lowest BCUT2D eigenvalue weighted by Crippen LogP contribution is -2.52. The van der Waals surface area contributed by atoms with E-state index in [0.717, 1.165) is 19.4 Å². The van der Waals surface area contributed by atoms with Gasteiger partial charge in [-0.2, -0.15) is 0 Å². The standard InChI is InChI=1S/C17H24N2O/c1-3-17(14-18,11-15-7-5-4-6-8-15)19(2)12-16-9-10-20-13-16/h4-10,13H,3,11-12,14,18H2,1-2H3. The molecule has 1 atom stereocenters. The lowest BCUT2D eigenvalue weighted by molar-refractivity contribution is 0.112. The summed E-state index contributed by atoms with van der Waals surface area (Å²) in [6.45, 7) is 3.71. The molecule has 0 aliphatic carbocycles. The fourth-order valence-corrected chi connectivity index (χ4v) is 2.70. The Kier molecular flexibility index (Phi) is 4.99. The average Bonchev–Trinajstić information content (AvgIpc) is 2.99. The molecule has 1 heterocycles. The molecule has 20 heavy (non-hydrogen) atoms. The number of likely N-dealkylation sites (N-methyl/N-ethyl adjacent to an activating group) is 1. The zero-order chi connectivity index (χ0) is 14.4. The van der Waals surface area contributed by atoms with Gasteiger partial charge in [0.15, 0.2) is 0 Å². The van der Waals surface area contributed by atoms with Gasteiger partial charge in [0.2, 0.25) is 0 Å². The molecule has 0 radical (unpaired) electrons. The van der Waals surface area contributed by atoms with Gasteiger partial charge in [-0.3, -0.25) is 4.90 Å². The summed E-state index contributed by atoms with van der Waals surface area (Å²) >= 11 is 0. The molecular formula is C17H24N2O. The van der Waals surface area contributed by atoms with E-state index in [0.29, 0.717) is 6.54 Å². The van der Waals surface area contributed by atoms with Gasteiger partial charge in [0, 0.05) is 24.2 Å². The van der Waals surface area contributed by atoms with Crippen LogP contribution in [0.15, 0.2) is 53.3 Å². The van der Waals surface area contributed by atoms with E-state index in [-0.39, 0.29) is 5.54 Å². The van der Waals surface area contributed by atoms with E-state index in [1.165, 1.54) is 11.1 Å². The average molecular weight is 272 g/mol. The summed E-state index contributed by atoms with van der Waals surface area (Å²) in [5, 5.41) is 0. The fraction of sp³-hybridized carbons (Fsp3) is 0.412. The van der Waals surface area contributed by atoms with Crippen molar-refractivity contribution in [2.45, 2.75) is 31.8 Å². The van der Waals surface area contributed by atoms with Crippen molar-refractivity contribution in [1.29, 1.82) is 0 Å². The minimum absolute atomic E-state index is 0.0153. The number of furan rings is 1. The van der Waals surface area contributed by atoms with Gasteiger partial charge in [-0.25, -0.2) is 0 Å². The minimum Gasteiger partial charge on any atom is -0.472 e. The Bertz CT molecular complexity index is 489. The van der Waals surface area contributed by atoms with E-state index >= 15 is 0 Å². The molecule has 0 saturated heterocycles. The second kappa shape index (κ2) is 6.73. The number of hydrogen-bond acceptors (Lipinski definition) is 3. The van der Waals surface area contributed by atoms with Crippen LogP contribution in [0, 0.1) is 0 Å². The summed E-state index contributed by atoms with van der Waals surface area (Å²) in [7, 11) is 2.15. The Balaban J connectivity index is 2.15. The van der Waals surface area contributed by atoms with Crippen LogP contribution in [0.3, 0.4) is 0 Å². The zero-order valence-electron chi connectivity index (χ0n) is 12.4. The summed E-state index contributed by atoms with van der Waals surface area (Å²) in [5.41, 5.74) is 8.63. The molecular weight excluding hydrogens is 248 g/mol. The maximum atomic E-state index is 6.13. The molecule has 1 aromatic carbocycles. The molecule has 2 N–H and O–H groups in total. The van der Waals surface area contributed by atoms with Gasteiger partial charge in [0.1, 0.15) is 0 Å². The molecule has 108 valence electrons. The molecule has 0 aliphatic rings. The third-order valence-electron chi connectivity index (χ3n) is 4.22. The largest absolute Gasteiger partial charge is 0.472 e. The summed E-state index contributed by atoms with van der Waals surface area (Å²) < 4.78 is 5.16. The summed E-state index contributed by atoms with van der Waals surface area (Å²) in [4.78, 5) is 2.35. The first-order valence-corrected chi connectivity index (χ1v) is 7.16. The van der Waals surface area contributed by atoms with Crippen molar-refractivity contribution in [2.24, 2.45) is 5.73 Å². The topological polar surface area (TPSA) is 42.4 Å². The Morgan fingerprint density at radius 1 is 1.15 bits per heavy atom. The van der Waals surface area contributed by atoms with Gasteiger partial charge in [0.25, 0.3) is 0 Å². The molecule has 0 fully saturated rings. The lowest BCUT2D eigenvalue weighted by atomic mass is 9.86. The molecule has 1 unspecified atom stereocenters. The zero-order valence-corrected chi connectivity index (χ0v) is 12.4. The van der Waals surface area contributed by atoms with Crippen LogP contribution in [-0.4, -0.2) is 24.0 Å². The Hall–Kier alpha value is -1.58. The van der Waals surface area contributed by atoms with Gasteiger partial charge in [-0.05, 0) is 31.5 Å². The molecule has 1 aromatic heterocycles. The summed E-state index contributed by atoms with van der Waals surface area (Å²) in [5.74, 6) is 0. The predicted molar refractivity (Wildman–Crippen MR) is 82.4 cm³/mol. The van der Waals surface area contributed by atoms with Gasteiger partial charge in [-0.15, -0.1) is 0 Å². The van der Waals surface area contributed by atoms with Crippen molar-refractivity contribution in [2.75, 3.05) is 13.6 Å². The van der Waals surface area contributed by atoms with Crippen molar-refractivity contribution in [3.8, 4) is 0 Å². The Morgan fingerprint density at radius 2 is 1.90 bits per heavy atom. The van der Waals surface area contributed by atoms with Crippen LogP contribution in [0.4, 0.5) is 0 Å². The number of hydrogen-bond donors (Lipinski definition) is 1. The molecule has 0 bridgehead atoms. The molecule has 0 amide bonds. The second-order valence-corrected chi connectivity index (χ2v) is 5.43. The van der Waals surface area contributed by atoms with Crippen LogP contribution < -0.4 is 5.73 Å².